The second-order valence-corrected chi connectivity index (χ2v) is 3.06. The van der Waals surface area contributed by atoms with Crippen molar-refractivity contribution in [3.8, 4) is 0 Å². The number of amides is 1. The molecule has 1 N–H and O–H groups in total. The number of benzene rings is 1. The summed E-state index contributed by atoms with van der Waals surface area (Å²) in [6.45, 7) is 1.92. The van der Waals surface area contributed by atoms with Crippen LogP contribution in [0.15, 0.2) is 22.7 Å². The van der Waals surface area contributed by atoms with Gasteiger partial charge in [-0.05, 0) is 34.1 Å². The molecule has 0 spiro atoms. The maximum absolute atomic E-state index is 12.8. The molecule has 0 saturated heterocycles. The average Bonchev–Trinajstić information content (AvgIpc) is 2.24. The molecule has 0 heterocycles. The fraction of sp³-hybridized carbons (Fsp3) is 0.222. The molecule has 0 aromatic heterocycles. The minimum atomic E-state index is -0.434. The lowest BCUT2D eigenvalue weighted by atomic mass is 10.2. The fourth-order valence-electron chi connectivity index (χ4n) is 0.782. The van der Waals surface area contributed by atoms with Crippen LogP contribution in [0.25, 0.3) is 0 Å². The lowest BCUT2D eigenvalue weighted by molar-refractivity contribution is 0.0962. The van der Waals surface area contributed by atoms with E-state index in [1.165, 1.54) is 19.2 Å². The molecular weight excluding hydrogens is 268 g/mol. The van der Waals surface area contributed by atoms with E-state index >= 15 is 0 Å². The first-order valence-corrected chi connectivity index (χ1v) is 5.85. The van der Waals surface area contributed by atoms with Crippen molar-refractivity contribution in [2.45, 2.75) is 0 Å². The summed E-state index contributed by atoms with van der Waals surface area (Å²) in [7, 11) is 3.92. The maximum atomic E-state index is 12.8. The average molecular weight is 280 g/mol. The van der Waals surface area contributed by atoms with Gasteiger partial charge < -0.3 is 5.32 Å². The highest BCUT2D eigenvalue weighted by Gasteiger charge is 2.05. The van der Waals surface area contributed by atoms with Crippen LogP contribution in [0.5, 0.6) is 0 Å². The van der Waals surface area contributed by atoms with Crippen LogP contribution in [0, 0.1) is 5.82 Å². The number of carbonyl (C=O) groups excluding carboxylic acids is 1. The Bertz CT molecular complexity index is 320. The van der Waals surface area contributed by atoms with Crippen molar-refractivity contribution >= 4 is 31.1 Å². The van der Waals surface area contributed by atoms with Crippen LogP contribution in [-0.4, -0.2) is 19.6 Å². The van der Waals surface area contributed by atoms with Gasteiger partial charge >= 0.3 is 0 Å². The first-order chi connectivity index (χ1) is 6.65. The van der Waals surface area contributed by atoms with Crippen LogP contribution in [0.4, 0.5) is 4.39 Å². The van der Waals surface area contributed by atoms with Crippen LogP contribution >= 0.6 is 25.2 Å². The lowest BCUT2D eigenvalue weighted by Crippen LogP contribution is -2.17. The van der Waals surface area contributed by atoms with E-state index in [2.05, 4.69) is 30.5 Å². The molecule has 78 valence electrons. The molecule has 0 radical (unpaired) electrons. The van der Waals surface area contributed by atoms with E-state index in [4.69, 9.17) is 0 Å². The fourth-order valence-corrected chi connectivity index (χ4v) is 1.03. The number of rotatable bonds is 1. The minimum absolute atomic E-state index is 0.290. The van der Waals surface area contributed by atoms with E-state index in [-0.39, 0.29) is 5.91 Å². The molecule has 5 heteroatoms. The van der Waals surface area contributed by atoms with E-state index < -0.39 is 5.82 Å². The predicted octanol–water partition coefficient (Wildman–Crippen LogP) is 2.44. The van der Waals surface area contributed by atoms with Crippen LogP contribution in [0.2, 0.25) is 0 Å². The normalized spacial score (nSPS) is 8.64. The van der Waals surface area contributed by atoms with Gasteiger partial charge in [-0.25, -0.2) is 4.39 Å². The van der Waals surface area contributed by atoms with Gasteiger partial charge in [0.15, 0.2) is 0 Å². The third kappa shape index (κ3) is 3.72. The van der Waals surface area contributed by atoms with Crippen molar-refractivity contribution in [1.29, 1.82) is 0 Å². The van der Waals surface area contributed by atoms with Gasteiger partial charge in [-0.2, -0.15) is 0 Å². The Balaban J connectivity index is 0.000000791. The zero-order valence-electron chi connectivity index (χ0n) is 7.97. The zero-order valence-corrected chi connectivity index (χ0v) is 10.7. The van der Waals surface area contributed by atoms with Crippen molar-refractivity contribution in [1.82, 2.24) is 5.32 Å². The van der Waals surface area contributed by atoms with E-state index in [1.54, 1.807) is 6.07 Å². The number of carbonyl (C=O) groups is 1. The number of hydrogen-bond acceptors (Lipinski definition) is 1. The maximum Gasteiger partial charge on any atom is 0.251 e. The lowest BCUT2D eigenvalue weighted by Gasteiger charge is -1.99. The molecule has 1 atom stereocenters. The Labute approximate surface area is 93.6 Å². The van der Waals surface area contributed by atoms with Gasteiger partial charge in [0.05, 0.1) is 4.47 Å². The summed E-state index contributed by atoms with van der Waals surface area (Å²) in [6.07, 6.45) is 0. The van der Waals surface area contributed by atoms with Gasteiger partial charge in [0.25, 0.3) is 5.91 Å². The minimum Gasteiger partial charge on any atom is -0.355 e. The Morgan fingerprint density at radius 2 is 2.07 bits per heavy atom. The molecule has 0 aliphatic carbocycles. The van der Waals surface area contributed by atoms with Crippen molar-refractivity contribution in [2.75, 3.05) is 13.7 Å². The topological polar surface area (TPSA) is 29.1 Å². The number of hydrogen-bond donors (Lipinski definition) is 1. The molecule has 1 amide bonds. The molecule has 0 aliphatic heterocycles. The summed E-state index contributed by atoms with van der Waals surface area (Å²) in [5.41, 5.74) is 0.318. The second kappa shape index (κ2) is 6.91. The van der Waals surface area contributed by atoms with E-state index in [0.717, 1.165) is 0 Å². The molecule has 0 aliphatic rings. The summed E-state index contributed by atoms with van der Waals surface area (Å²) in [6, 6.07) is 4.23. The van der Waals surface area contributed by atoms with Gasteiger partial charge in [0.1, 0.15) is 5.82 Å². The van der Waals surface area contributed by atoms with Crippen molar-refractivity contribution in [2.24, 2.45) is 0 Å². The first kappa shape index (κ1) is 13.5. The highest BCUT2D eigenvalue weighted by atomic mass is 79.9. The quantitative estimate of drug-likeness (QED) is 0.786. The van der Waals surface area contributed by atoms with Crippen molar-refractivity contribution in [3.63, 3.8) is 0 Å². The van der Waals surface area contributed by atoms with Gasteiger partial charge in [0, 0.05) is 12.6 Å². The monoisotopic (exact) mass is 279 g/mol. The predicted molar refractivity (Wildman–Crippen MR) is 63.1 cm³/mol. The van der Waals surface area contributed by atoms with Gasteiger partial charge in [-0.1, -0.05) is 6.66 Å². The summed E-state index contributed by atoms with van der Waals surface area (Å²) in [4.78, 5) is 11.0. The van der Waals surface area contributed by atoms with Gasteiger partial charge in [-0.3, -0.25) is 4.79 Å². The first-order valence-electron chi connectivity index (χ1n) is 3.90. The number of halogens is 2. The largest absolute Gasteiger partial charge is 0.355 e. The van der Waals surface area contributed by atoms with E-state index in [0.29, 0.717) is 10.0 Å². The van der Waals surface area contributed by atoms with E-state index in [1.807, 2.05) is 6.66 Å². The Hall–Kier alpha value is -0.470. The molecule has 0 saturated carbocycles. The van der Waals surface area contributed by atoms with Crippen LogP contribution in [0.3, 0.4) is 0 Å². The third-order valence-corrected chi connectivity index (χ3v) is 2.05. The number of nitrogens with one attached hydrogen (secondary N) is 1. The Morgan fingerprint density at radius 1 is 1.50 bits per heavy atom. The zero-order chi connectivity index (χ0) is 11.1. The van der Waals surface area contributed by atoms with Gasteiger partial charge in [0.2, 0.25) is 0 Å². The summed E-state index contributed by atoms with van der Waals surface area (Å²) < 4.78 is 13.2. The second-order valence-electron chi connectivity index (χ2n) is 2.21. The van der Waals surface area contributed by atoms with Crippen LogP contribution in [0.1, 0.15) is 10.4 Å². The molecule has 0 bridgehead atoms. The van der Waals surface area contributed by atoms with Crippen molar-refractivity contribution in [3.05, 3.63) is 34.1 Å². The molecule has 0 fully saturated rings. The smallest absolute Gasteiger partial charge is 0.251 e. The summed E-state index contributed by atoms with van der Waals surface area (Å²) in [5, 5.41) is 2.41. The molecule has 1 unspecified atom stereocenters. The third-order valence-electron chi connectivity index (χ3n) is 1.41. The Morgan fingerprint density at radius 3 is 2.50 bits per heavy atom. The standard InChI is InChI=1S/C8H7BrFNO.CH5P/c1-11-8(12)5-2-3-6(9)7(10)4-5;1-2/h2-4H,1H3,(H,11,12);2H2,1H3. The molecule has 1 aromatic rings. The molecule has 14 heavy (non-hydrogen) atoms. The Kier molecular flexibility index (Phi) is 6.67. The molecule has 2 nitrogen and oxygen atoms in total. The summed E-state index contributed by atoms with van der Waals surface area (Å²) in [5.74, 6) is -0.725. The highest BCUT2D eigenvalue weighted by molar-refractivity contribution is 9.10. The van der Waals surface area contributed by atoms with Crippen LogP contribution < -0.4 is 5.32 Å². The van der Waals surface area contributed by atoms with Crippen LogP contribution in [-0.2, 0) is 0 Å². The van der Waals surface area contributed by atoms with Crippen molar-refractivity contribution < 1.29 is 9.18 Å². The summed E-state index contributed by atoms with van der Waals surface area (Å²) >= 11 is 2.99. The SMILES string of the molecule is CNC(=O)c1ccc(Br)c(F)c1.CP. The molecule has 1 rings (SSSR count). The van der Waals surface area contributed by atoms with E-state index in [9.17, 15) is 9.18 Å². The highest BCUT2D eigenvalue weighted by Crippen LogP contribution is 2.15. The molecule has 1 aromatic carbocycles. The van der Waals surface area contributed by atoms with Gasteiger partial charge in [-0.15, -0.1) is 9.24 Å². The molecular formula is C9H12BrFNOP.